The van der Waals surface area contributed by atoms with E-state index in [1.807, 2.05) is 25.1 Å². The van der Waals surface area contributed by atoms with Crippen molar-refractivity contribution in [2.24, 2.45) is 4.99 Å². The summed E-state index contributed by atoms with van der Waals surface area (Å²) in [6, 6.07) is 5.32. The normalized spacial score (nSPS) is 17.0. The molecule has 27 heavy (non-hydrogen) atoms. The Bertz CT molecular complexity index is 613. The van der Waals surface area contributed by atoms with Crippen LogP contribution in [0.4, 0.5) is 13.2 Å². The van der Waals surface area contributed by atoms with Crippen LogP contribution in [0.25, 0.3) is 0 Å². The van der Waals surface area contributed by atoms with Crippen molar-refractivity contribution in [3.05, 3.63) is 35.1 Å². The van der Waals surface area contributed by atoms with Crippen LogP contribution >= 0.6 is 0 Å². The number of nitrogens with zero attached hydrogens (tertiary/aromatic N) is 3. The van der Waals surface area contributed by atoms with Crippen molar-refractivity contribution < 1.29 is 13.2 Å². The maximum atomic E-state index is 13.9. The number of alkyl halides is 2. The van der Waals surface area contributed by atoms with Crippen molar-refractivity contribution >= 4 is 5.96 Å². The van der Waals surface area contributed by atoms with Crippen LogP contribution in [-0.4, -0.2) is 69.0 Å². The number of guanidine groups is 1. The summed E-state index contributed by atoms with van der Waals surface area (Å²) in [7, 11) is 5.51. The van der Waals surface area contributed by atoms with E-state index in [-0.39, 0.29) is 18.4 Å². The number of aliphatic imine (C=N–C) groups is 1. The number of rotatable bonds is 7. The van der Waals surface area contributed by atoms with Crippen LogP contribution in [0.3, 0.4) is 0 Å². The van der Waals surface area contributed by atoms with Crippen molar-refractivity contribution in [2.45, 2.75) is 38.4 Å². The van der Waals surface area contributed by atoms with Gasteiger partial charge in [-0.3, -0.25) is 9.89 Å². The molecule has 0 amide bonds. The summed E-state index contributed by atoms with van der Waals surface area (Å²) in [6.45, 7) is 2.24. The van der Waals surface area contributed by atoms with E-state index in [0.717, 1.165) is 18.4 Å². The fraction of sp³-hybridized carbons (Fsp3) is 0.632. The van der Waals surface area contributed by atoms with Gasteiger partial charge in [0.15, 0.2) is 5.96 Å². The Hall–Kier alpha value is -1.80. The fourth-order valence-electron chi connectivity index (χ4n) is 3.23. The van der Waals surface area contributed by atoms with Gasteiger partial charge in [-0.1, -0.05) is 6.07 Å². The molecule has 0 spiro atoms. The summed E-state index contributed by atoms with van der Waals surface area (Å²) < 4.78 is 38.8. The molecule has 5 nitrogen and oxygen atoms in total. The molecule has 0 radical (unpaired) electrons. The van der Waals surface area contributed by atoms with Crippen LogP contribution in [0.5, 0.6) is 0 Å². The molecule has 0 aliphatic carbocycles. The smallest absolute Gasteiger partial charge is 0.251 e. The number of hydrogen-bond donors (Lipinski definition) is 2. The summed E-state index contributed by atoms with van der Waals surface area (Å²) >= 11 is 0. The van der Waals surface area contributed by atoms with Crippen molar-refractivity contribution in [2.75, 3.05) is 40.8 Å². The van der Waals surface area contributed by atoms with Crippen molar-refractivity contribution in [3.8, 4) is 0 Å². The molecule has 1 heterocycles. The number of nitrogens with one attached hydrogen (secondary N) is 2. The quantitative estimate of drug-likeness (QED) is 0.558. The lowest BCUT2D eigenvalue weighted by molar-refractivity contribution is 0.0744. The van der Waals surface area contributed by atoms with E-state index in [1.54, 1.807) is 18.0 Å². The van der Waals surface area contributed by atoms with Crippen LogP contribution in [0.1, 0.15) is 24.0 Å². The highest BCUT2D eigenvalue weighted by molar-refractivity contribution is 5.79. The van der Waals surface area contributed by atoms with Crippen LogP contribution in [-0.2, 0) is 13.1 Å². The van der Waals surface area contributed by atoms with Crippen LogP contribution in [0.15, 0.2) is 23.2 Å². The molecule has 2 rings (SSSR count). The second kappa shape index (κ2) is 10.5. The standard InChI is InChI=1S/C19H30F3N5/c1-23-19(25-16-6-8-27(9-7-16)13-18(21)22)24-11-14-4-5-17(20)15(10-14)12-26(2)3/h4-5,10,16,18H,6-9,11-13H2,1-3H3,(H2,23,24,25). The Labute approximate surface area is 159 Å². The van der Waals surface area contributed by atoms with Crippen molar-refractivity contribution in [1.82, 2.24) is 20.4 Å². The summed E-state index contributed by atoms with van der Waals surface area (Å²) in [5, 5.41) is 6.60. The van der Waals surface area contributed by atoms with Gasteiger partial charge < -0.3 is 15.5 Å². The molecule has 0 saturated carbocycles. The molecule has 0 aromatic heterocycles. The van der Waals surface area contributed by atoms with Gasteiger partial charge in [0.1, 0.15) is 5.82 Å². The second-order valence-electron chi connectivity index (χ2n) is 7.20. The highest BCUT2D eigenvalue weighted by atomic mass is 19.3. The minimum Gasteiger partial charge on any atom is -0.354 e. The Balaban J connectivity index is 1.82. The number of likely N-dealkylation sites (tertiary alicyclic amines) is 1. The van der Waals surface area contributed by atoms with Gasteiger partial charge in [0.2, 0.25) is 0 Å². The first-order valence-electron chi connectivity index (χ1n) is 9.27. The molecule has 1 aliphatic heterocycles. The molecule has 2 N–H and O–H groups in total. The zero-order valence-corrected chi connectivity index (χ0v) is 16.3. The van der Waals surface area contributed by atoms with Gasteiger partial charge in [0, 0.05) is 44.8 Å². The average molecular weight is 385 g/mol. The first-order chi connectivity index (χ1) is 12.9. The molecular formula is C19H30F3N5. The summed E-state index contributed by atoms with van der Waals surface area (Å²) in [6.07, 6.45) is -0.675. The zero-order chi connectivity index (χ0) is 19.8. The molecule has 1 fully saturated rings. The van der Waals surface area contributed by atoms with Crippen molar-refractivity contribution in [3.63, 3.8) is 0 Å². The van der Waals surface area contributed by atoms with E-state index in [4.69, 9.17) is 0 Å². The highest BCUT2D eigenvalue weighted by Crippen LogP contribution is 2.13. The number of benzene rings is 1. The molecule has 152 valence electrons. The van der Waals surface area contributed by atoms with E-state index >= 15 is 0 Å². The maximum absolute atomic E-state index is 13.9. The second-order valence-corrected chi connectivity index (χ2v) is 7.20. The van der Waals surface area contributed by atoms with E-state index in [2.05, 4.69) is 15.6 Å². The molecule has 1 aliphatic rings. The lowest BCUT2D eigenvalue weighted by Crippen LogP contribution is -2.49. The molecule has 8 heteroatoms. The number of hydrogen-bond acceptors (Lipinski definition) is 3. The predicted molar refractivity (Wildman–Crippen MR) is 103 cm³/mol. The fourth-order valence-corrected chi connectivity index (χ4v) is 3.23. The number of piperidine rings is 1. The predicted octanol–water partition coefficient (Wildman–Crippen LogP) is 2.28. The van der Waals surface area contributed by atoms with Gasteiger partial charge in [0.05, 0.1) is 6.54 Å². The molecule has 0 bridgehead atoms. The lowest BCUT2D eigenvalue weighted by atomic mass is 10.1. The van der Waals surface area contributed by atoms with E-state index in [1.165, 1.54) is 6.07 Å². The average Bonchev–Trinajstić information content (AvgIpc) is 2.61. The summed E-state index contributed by atoms with van der Waals surface area (Å²) in [5.74, 6) is 0.464. The van der Waals surface area contributed by atoms with Gasteiger partial charge in [-0.15, -0.1) is 0 Å². The Morgan fingerprint density at radius 3 is 2.59 bits per heavy atom. The molecule has 1 aromatic rings. The molecule has 0 unspecified atom stereocenters. The first kappa shape index (κ1) is 21.5. The Morgan fingerprint density at radius 2 is 2.00 bits per heavy atom. The number of halogens is 3. The monoisotopic (exact) mass is 385 g/mol. The first-order valence-corrected chi connectivity index (χ1v) is 9.27. The summed E-state index contributed by atoms with van der Waals surface area (Å²) in [5.41, 5.74) is 1.64. The zero-order valence-electron chi connectivity index (χ0n) is 16.3. The topological polar surface area (TPSA) is 42.9 Å². The molecule has 1 saturated heterocycles. The molecule has 0 atom stereocenters. The maximum Gasteiger partial charge on any atom is 0.251 e. The largest absolute Gasteiger partial charge is 0.354 e. The Morgan fingerprint density at radius 1 is 1.30 bits per heavy atom. The van der Waals surface area contributed by atoms with Gasteiger partial charge in [-0.05, 0) is 44.6 Å². The van der Waals surface area contributed by atoms with E-state index < -0.39 is 6.43 Å². The lowest BCUT2D eigenvalue weighted by Gasteiger charge is -2.32. The minimum atomic E-state index is -2.28. The van der Waals surface area contributed by atoms with Gasteiger partial charge in [0.25, 0.3) is 6.43 Å². The Kier molecular flexibility index (Phi) is 8.37. The van der Waals surface area contributed by atoms with Gasteiger partial charge in [-0.2, -0.15) is 0 Å². The minimum absolute atomic E-state index is 0.153. The van der Waals surface area contributed by atoms with Crippen LogP contribution < -0.4 is 10.6 Å². The van der Waals surface area contributed by atoms with Crippen LogP contribution in [0.2, 0.25) is 0 Å². The van der Waals surface area contributed by atoms with E-state index in [9.17, 15) is 13.2 Å². The van der Waals surface area contributed by atoms with Gasteiger partial charge in [-0.25, -0.2) is 13.2 Å². The summed E-state index contributed by atoms with van der Waals surface area (Å²) in [4.78, 5) is 7.95. The highest BCUT2D eigenvalue weighted by Gasteiger charge is 2.21. The van der Waals surface area contributed by atoms with Gasteiger partial charge >= 0.3 is 0 Å². The SMILES string of the molecule is CN=C(NCc1ccc(F)c(CN(C)C)c1)NC1CCN(CC(F)F)CC1. The molecule has 1 aromatic carbocycles. The third-order valence-corrected chi connectivity index (χ3v) is 4.60. The third-order valence-electron chi connectivity index (χ3n) is 4.60. The van der Waals surface area contributed by atoms with E-state index in [0.29, 0.717) is 37.7 Å². The molecular weight excluding hydrogens is 355 g/mol. The third kappa shape index (κ3) is 7.38. The van der Waals surface area contributed by atoms with Crippen LogP contribution in [0, 0.1) is 5.82 Å². The van der Waals surface area contributed by atoms with Crippen molar-refractivity contribution in [1.29, 1.82) is 0 Å².